The molecule has 0 aliphatic heterocycles. The quantitative estimate of drug-likeness (QED) is 0.562. The summed E-state index contributed by atoms with van der Waals surface area (Å²) in [6.45, 7) is 5.96. The van der Waals surface area contributed by atoms with Gasteiger partial charge in [-0.05, 0) is 43.5 Å². The number of phenols is 1. The monoisotopic (exact) mass is 357 g/mol. The van der Waals surface area contributed by atoms with Crippen LogP contribution in [0.2, 0.25) is 0 Å². The summed E-state index contributed by atoms with van der Waals surface area (Å²) in [4.78, 5) is 4.49. The number of aryl methyl sites for hydroxylation is 3. The zero-order chi connectivity index (χ0) is 15.8. The van der Waals surface area contributed by atoms with Crippen LogP contribution < -0.4 is 0 Å². The molecule has 0 aromatic heterocycles. The van der Waals surface area contributed by atoms with Gasteiger partial charge in [0.25, 0.3) is 0 Å². The van der Waals surface area contributed by atoms with Crippen molar-refractivity contribution < 1.29 is 22.1 Å². The van der Waals surface area contributed by atoms with Gasteiger partial charge in [0.2, 0.25) is 0 Å². The summed E-state index contributed by atoms with van der Waals surface area (Å²) in [5, 5.41) is 9.92. The maximum atomic E-state index is 9.92. The zero-order valence-corrected chi connectivity index (χ0v) is 15.3. The number of halogens is 2. The Morgan fingerprint density at radius 2 is 1.43 bits per heavy atom. The van der Waals surface area contributed by atoms with Crippen molar-refractivity contribution in [1.29, 1.82) is 0 Å². The summed E-state index contributed by atoms with van der Waals surface area (Å²) in [6, 6.07) is 11.8. The van der Waals surface area contributed by atoms with Crippen molar-refractivity contribution in [3.63, 3.8) is 0 Å². The van der Waals surface area contributed by atoms with E-state index in [1.807, 2.05) is 57.2 Å². The Bertz CT molecular complexity index is 609. The number of aliphatic imine (C=N–C) groups is 1. The standard InChI is InChI=1S/C16H17NO.2ClH.Ti/c1-11-6-4-7-12(2)15(11)17-10-14-9-5-8-13(3)16(14)18;;;/h4-10,18H,1-3H3;2*1H;/q;;;+2/p-2. The predicted molar refractivity (Wildman–Crippen MR) is 87.7 cm³/mol. The SMILES string of the molecule is Cc1cccc(C=Nc2c(C)cccc2C)c1O.[Cl][Ti][Cl]. The van der Waals surface area contributed by atoms with E-state index in [9.17, 15) is 5.11 Å². The van der Waals surface area contributed by atoms with Gasteiger partial charge >= 0.3 is 35.6 Å². The second kappa shape index (κ2) is 9.27. The molecule has 2 nitrogen and oxygen atoms in total. The number of benzene rings is 2. The van der Waals surface area contributed by atoms with E-state index in [0.717, 1.165) is 27.9 Å². The average Bonchev–Trinajstić information content (AvgIpc) is 2.43. The molecule has 0 amide bonds. The van der Waals surface area contributed by atoms with Crippen LogP contribution in [0.25, 0.3) is 0 Å². The molecule has 0 fully saturated rings. The number of hydrogen-bond donors (Lipinski definition) is 1. The Labute approximate surface area is 142 Å². The minimum atomic E-state index is -0.556. The van der Waals surface area contributed by atoms with Gasteiger partial charge in [-0.3, -0.25) is 4.99 Å². The second-order valence-electron chi connectivity index (χ2n) is 4.58. The number of para-hydroxylation sites is 2. The van der Waals surface area contributed by atoms with Gasteiger partial charge in [0.05, 0.1) is 5.69 Å². The maximum absolute atomic E-state index is 9.92. The molecule has 0 saturated carbocycles. The van der Waals surface area contributed by atoms with E-state index in [-0.39, 0.29) is 0 Å². The third kappa shape index (κ3) is 5.48. The first kappa shape index (κ1) is 18.3. The van der Waals surface area contributed by atoms with Crippen molar-refractivity contribution >= 4 is 30.5 Å². The normalized spacial score (nSPS) is 10.1. The number of rotatable bonds is 2. The molecular weight excluding hydrogens is 341 g/mol. The van der Waals surface area contributed by atoms with E-state index < -0.39 is 17.0 Å². The summed E-state index contributed by atoms with van der Waals surface area (Å²) in [5.41, 5.74) is 4.85. The first-order valence-corrected chi connectivity index (χ1v) is 10.7. The van der Waals surface area contributed by atoms with Gasteiger partial charge in [0.1, 0.15) is 5.75 Å². The molecule has 21 heavy (non-hydrogen) atoms. The van der Waals surface area contributed by atoms with Gasteiger partial charge < -0.3 is 5.11 Å². The topological polar surface area (TPSA) is 32.6 Å². The molecule has 0 aliphatic carbocycles. The van der Waals surface area contributed by atoms with Crippen LogP contribution >= 0.6 is 18.6 Å². The Kier molecular flexibility index (Phi) is 8.06. The molecule has 2 rings (SSSR count). The molecule has 2 aromatic rings. The third-order valence-corrected chi connectivity index (χ3v) is 3.04. The molecule has 0 aliphatic rings. The molecule has 0 radical (unpaired) electrons. The first-order valence-electron chi connectivity index (χ1n) is 6.36. The molecule has 0 bridgehead atoms. The summed E-state index contributed by atoms with van der Waals surface area (Å²) in [5.74, 6) is 0.299. The van der Waals surface area contributed by atoms with E-state index in [1.165, 1.54) is 0 Å². The van der Waals surface area contributed by atoms with E-state index in [2.05, 4.69) is 4.99 Å². The molecule has 0 unspecified atom stereocenters. The second-order valence-corrected chi connectivity index (χ2v) is 7.16. The van der Waals surface area contributed by atoms with Crippen LogP contribution in [0.5, 0.6) is 5.75 Å². The fraction of sp³-hybridized carbons (Fsp3) is 0.188. The molecule has 2 aromatic carbocycles. The van der Waals surface area contributed by atoms with Crippen LogP contribution in [0.1, 0.15) is 22.3 Å². The number of aromatic hydroxyl groups is 1. The van der Waals surface area contributed by atoms with E-state index in [1.54, 1.807) is 6.21 Å². The summed E-state index contributed by atoms with van der Waals surface area (Å²) < 4.78 is 0. The van der Waals surface area contributed by atoms with Crippen LogP contribution in [-0.4, -0.2) is 11.3 Å². The van der Waals surface area contributed by atoms with E-state index in [4.69, 9.17) is 18.6 Å². The fourth-order valence-corrected chi connectivity index (χ4v) is 1.93. The number of nitrogens with zero attached hydrogens (tertiary/aromatic N) is 1. The number of phenolic OH excluding ortho intramolecular Hbond substituents is 1. The van der Waals surface area contributed by atoms with Crippen LogP contribution in [0.3, 0.4) is 0 Å². The molecule has 0 heterocycles. The predicted octanol–water partition coefficient (Wildman–Crippen LogP) is 5.44. The average molecular weight is 358 g/mol. The van der Waals surface area contributed by atoms with Crippen molar-refractivity contribution in [3.8, 4) is 5.75 Å². The van der Waals surface area contributed by atoms with Crippen molar-refractivity contribution in [3.05, 3.63) is 58.7 Å². The molecule has 110 valence electrons. The molecule has 1 N–H and O–H groups in total. The first-order chi connectivity index (χ1) is 10.0. The van der Waals surface area contributed by atoms with Crippen molar-refractivity contribution in [2.24, 2.45) is 4.99 Å². The van der Waals surface area contributed by atoms with Gasteiger partial charge in [-0.2, -0.15) is 0 Å². The zero-order valence-electron chi connectivity index (χ0n) is 12.2. The summed E-state index contributed by atoms with van der Waals surface area (Å²) in [6.07, 6.45) is 1.72. The minimum absolute atomic E-state index is 0.299. The molecular formula is C16H17Cl2NOTi. The van der Waals surface area contributed by atoms with Gasteiger partial charge in [0.15, 0.2) is 0 Å². The van der Waals surface area contributed by atoms with Crippen molar-refractivity contribution in [2.45, 2.75) is 20.8 Å². The summed E-state index contributed by atoms with van der Waals surface area (Å²) in [7, 11) is 9.78. The summed E-state index contributed by atoms with van der Waals surface area (Å²) >= 11 is -0.556. The van der Waals surface area contributed by atoms with Gasteiger partial charge in [-0.25, -0.2) is 0 Å². The van der Waals surface area contributed by atoms with Crippen LogP contribution in [-0.2, 0) is 17.0 Å². The van der Waals surface area contributed by atoms with E-state index >= 15 is 0 Å². The fourth-order valence-electron chi connectivity index (χ4n) is 1.93. The number of hydrogen-bond acceptors (Lipinski definition) is 2. The van der Waals surface area contributed by atoms with Crippen LogP contribution in [0.4, 0.5) is 5.69 Å². The molecule has 0 saturated heterocycles. The van der Waals surface area contributed by atoms with Gasteiger partial charge in [0, 0.05) is 11.8 Å². The van der Waals surface area contributed by atoms with Crippen LogP contribution in [0, 0.1) is 20.8 Å². The van der Waals surface area contributed by atoms with Gasteiger partial charge in [-0.1, -0.05) is 30.3 Å². The van der Waals surface area contributed by atoms with Crippen molar-refractivity contribution in [1.82, 2.24) is 0 Å². The Morgan fingerprint density at radius 1 is 0.952 bits per heavy atom. The van der Waals surface area contributed by atoms with Crippen LogP contribution in [0.15, 0.2) is 41.4 Å². The molecule has 0 atom stereocenters. The van der Waals surface area contributed by atoms with Gasteiger partial charge in [-0.15, -0.1) is 0 Å². The molecule has 5 heteroatoms. The molecule has 0 spiro atoms. The van der Waals surface area contributed by atoms with Crippen molar-refractivity contribution in [2.75, 3.05) is 0 Å². The Balaban J connectivity index is 0.000000677. The third-order valence-electron chi connectivity index (χ3n) is 3.04. The Hall–Kier alpha value is -0.796. The van der Waals surface area contributed by atoms with E-state index in [0.29, 0.717) is 5.75 Å². The Morgan fingerprint density at radius 3 is 2.00 bits per heavy atom.